The number of benzene rings is 1. The molecule has 0 aliphatic carbocycles. The predicted octanol–water partition coefficient (Wildman–Crippen LogP) is 4.19. The zero-order chi connectivity index (χ0) is 18.3. The van der Waals surface area contributed by atoms with Crippen LogP contribution in [-0.2, 0) is 17.9 Å². The Labute approximate surface area is 170 Å². The van der Waals surface area contributed by atoms with Crippen LogP contribution in [-0.4, -0.2) is 43.8 Å². The summed E-state index contributed by atoms with van der Waals surface area (Å²) in [6.07, 6.45) is -1.98. The van der Waals surface area contributed by atoms with Gasteiger partial charge in [-0.2, -0.15) is 13.2 Å². The minimum Gasteiger partial charge on any atom is -0.367 e. The van der Waals surface area contributed by atoms with Crippen molar-refractivity contribution in [2.75, 3.05) is 26.7 Å². The number of hydrogen-bond acceptors (Lipinski definition) is 2. The number of nitrogens with zero attached hydrogens (tertiary/aromatic N) is 2. The van der Waals surface area contributed by atoms with Crippen LogP contribution in [0, 0.1) is 5.92 Å². The molecular weight excluding hydrogens is 458 g/mol. The Morgan fingerprint density at radius 1 is 1.27 bits per heavy atom. The summed E-state index contributed by atoms with van der Waals surface area (Å²) in [6, 6.07) is 7.39. The van der Waals surface area contributed by atoms with Crippen LogP contribution >= 0.6 is 24.0 Å². The second-order valence-corrected chi connectivity index (χ2v) is 6.50. The van der Waals surface area contributed by atoms with Gasteiger partial charge in [-0.1, -0.05) is 31.2 Å². The van der Waals surface area contributed by atoms with E-state index in [0.717, 1.165) is 48.9 Å². The molecule has 1 aromatic carbocycles. The van der Waals surface area contributed by atoms with Gasteiger partial charge in [0.2, 0.25) is 0 Å². The van der Waals surface area contributed by atoms with E-state index in [1.807, 2.05) is 18.2 Å². The third-order valence-electron chi connectivity index (χ3n) is 4.27. The van der Waals surface area contributed by atoms with Crippen LogP contribution in [0.1, 0.15) is 30.9 Å². The fourth-order valence-electron chi connectivity index (χ4n) is 2.85. The van der Waals surface area contributed by atoms with E-state index in [1.165, 1.54) is 0 Å². The molecule has 1 saturated heterocycles. The average molecular weight is 485 g/mol. The summed E-state index contributed by atoms with van der Waals surface area (Å²) in [6.45, 7) is 3.55. The molecule has 2 rings (SSSR count). The molecule has 0 saturated carbocycles. The summed E-state index contributed by atoms with van der Waals surface area (Å²) >= 11 is 0. The van der Waals surface area contributed by atoms with Gasteiger partial charge in [-0.3, -0.25) is 4.99 Å². The van der Waals surface area contributed by atoms with Crippen LogP contribution < -0.4 is 5.32 Å². The summed E-state index contributed by atoms with van der Waals surface area (Å²) in [7, 11) is 1.77. The minimum atomic E-state index is -4.29. The minimum absolute atomic E-state index is 0. The van der Waals surface area contributed by atoms with Gasteiger partial charge < -0.3 is 15.0 Å². The molecular formula is C18H27F3IN3O. The molecule has 0 aromatic heterocycles. The van der Waals surface area contributed by atoms with Crippen molar-refractivity contribution < 1.29 is 17.9 Å². The number of nitrogens with one attached hydrogen (secondary N) is 1. The van der Waals surface area contributed by atoms with Crippen LogP contribution in [0.2, 0.25) is 0 Å². The Bertz CT molecular complexity index is 573. The van der Waals surface area contributed by atoms with Gasteiger partial charge in [0.25, 0.3) is 0 Å². The van der Waals surface area contributed by atoms with E-state index in [1.54, 1.807) is 13.1 Å². The fraction of sp³-hybridized carbons (Fsp3) is 0.611. The lowest BCUT2D eigenvalue weighted by Gasteiger charge is -2.33. The first-order valence-electron chi connectivity index (χ1n) is 8.55. The third-order valence-corrected chi connectivity index (χ3v) is 4.27. The number of ether oxygens (including phenoxy) is 1. The van der Waals surface area contributed by atoms with Crippen molar-refractivity contribution in [1.29, 1.82) is 0 Å². The normalized spacial score (nSPS) is 16.3. The number of alkyl halides is 3. The molecule has 8 heteroatoms. The zero-order valence-electron chi connectivity index (χ0n) is 15.2. The Kier molecular flexibility index (Phi) is 9.70. The summed E-state index contributed by atoms with van der Waals surface area (Å²) < 4.78 is 41.1. The maximum atomic E-state index is 12.1. The van der Waals surface area contributed by atoms with Crippen LogP contribution in [0.15, 0.2) is 29.3 Å². The van der Waals surface area contributed by atoms with Crippen LogP contribution in [0.5, 0.6) is 0 Å². The first kappa shape index (κ1) is 23.0. The van der Waals surface area contributed by atoms with Crippen LogP contribution in [0.4, 0.5) is 13.2 Å². The summed E-state index contributed by atoms with van der Waals surface area (Å²) in [4.78, 5) is 6.58. The Morgan fingerprint density at radius 3 is 2.54 bits per heavy atom. The molecule has 1 N–H and O–H groups in total. The standard InChI is InChI=1S/C18H26F3N3O.HI/c1-14-6-8-24(9-7-14)17(22-2)23-11-15-4-3-5-16(10-15)12-25-13-18(19,20)21;/h3-5,10,14H,6-9,11-13H2,1-2H3,(H,22,23);1H. The molecule has 1 heterocycles. The quantitative estimate of drug-likeness (QED) is 0.386. The molecule has 0 unspecified atom stereocenters. The Hall–Kier alpha value is -1.03. The molecule has 0 radical (unpaired) electrons. The maximum Gasteiger partial charge on any atom is 0.411 e. The third kappa shape index (κ3) is 8.11. The first-order chi connectivity index (χ1) is 11.9. The average Bonchev–Trinajstić information content (AvgIpc) is 2.56. The molecule has 1 aromatic rings. The van der Waals surface area contributed by atoms with Gasteiger partial charge in [-0.05, 0) is 29.9 Å². The van der Waals surface area contributed by atoms with Crippen molar-refractivity contribution in [3.8, 4) is 0 Å². The summed E-state index contributed by atoms with van der Waals surface area (Å²) in [5.41, 5.74) is 1.71. The molecule has 0 atom stereocenters. The molecule has 1 fully saturated rings. The van der Waals surface area contributed by atoms with Crippen molar-refractivity contribution >= 4 is 29.9 Å². The lowest BCUT2D eigenvalue weighted by atomic mass is 9.99. The van der Waals surface area contributed by atoms with Gasteiger partial charge in [0, 0.05) is 26.7 Å². The van der Waals surface area contributed by atoms with Crippen molar-refractivity contribution in [2.45, 2.75) is 39.1 Å². The Balaban J connectivity index is 0.00000338. The monoisotopic (exact) mass is 485 g/mol. The number of aliphatic imine (C=N–C) groups is 1. The zero-order valence-corrected chi connectivity index (χ0v) is 17.5. The predicted molar refractivity (Wildman–Crippen MR) is 108 cm³/mol. The van der Waals surface area contributed by atoms with E-state index in [0.29, 0.717) is 6.54 Å². The van der Waals surface area contributed by atoms with Crippen molar-refractivity contribution in [3.63, 3.8) is 0 Å². The van der Waals surface area contributed by atoms with Gasteiger partial charge in [0.15, 0.2) is 5.96 Å². The highest BCUT2D eigenvalue weighted by Gasteiger charge is 2.27. The smallest absolute Gasteiger partial charge is 0.367 e. The molecule has 26 heavy (non-hydrogen) atoms. The van der Waals surface area contributed by atoms with Crippen molar-refractivity contribution in [2.24, 2.45) is 10.9 Å². The lowest BCUT2D eigenvalue weighted by Crippen LogP contribution is -2.45. The second-order valence-electron chi connectivity index (χ2n) is 6.50. The molecule has 148 valence electrons. The SMILES string of the molecule is CN=C(NCc1cccc(COCC(F)(F)F)c1)N1CCC(C)CC1.I. The number of halogens is 4. The van der Waals surface area contributed by atoms with E-state index in [-0.39, 0.29) is 30.6 Å². The van der Waals surface area contributed by atoms with E-state index in [9.17, 15) is 13.2 Å². The number of guanidine groups is 1. The lowest BCUT2D eigenvalue weighted by molar-refractivity contribution is -0.176. The Morgan fingerprint density at radius 2 is 1.92 bits per heavy atom. The maximum absolute atomic E-state index is 12.1. The van der Waals surface area contributed by atoms with Gasteiger partial charge in [-0.15, -0.1) is 24.0 Å². The number of rotatable bonds is 5. The second kappa shape index (κ2) is 11.0. The van der Waals surface area contributed by atoms with Crippen molar-refractivity contribution in [3.05, 3.63) is 35.4 Å². The summed E-state index contributed by atoms with van der Waals surface area (Å²) in [5.74, 6) is 1.62. The van der Waals surface area contributed by atoms with Gasteiger partial charge in [-0.25, -0.2) is 0 Å². The molecule has 0 amide bonds. The topological polar surface area (TPSA) is 36.9 Å². The largest absolute Gasteiger partial charge is 0.411 e. The molecule has 0 spiro atoms. The molecule has 1 aliphatic rings. The number of hydrogen-bond donors (Lipinski definition) is 1. The molecule has 4 nitrogen and oxygen atoms in total. The fourth-order valence-corrected chi connectivity index (χ4v) is 2.85. The van der Waals surface area contributed by atoms with E-state index >= 15 is 0 Å². The highest BCUT2D eigenvalue weighted by atomic mass is 127. The highest BCUT2D eigenvalue weighted by molar-refractivity contribution is 14.0. The molecule has 1 aliphatic heterocycles. The van der Waals surface area contributed by atoms with Crippen LogP contribution in [0.25, 0.3) is 0 Å². The van der Waals surface area contributed by atoms with E-state index < -0.39 is 12.8 Å². The van der Waals surface area contributed by atoms with Gasteiger partial charge >= 0.3 is 6.18 Å². The number of piperidine rings is 1. The van der Waals surface area contributed by atoms with E-state index in [2.05, 4.69) is 22.1 Å². The highest BCUT2D eigenvalue weighted by Crippen LogP contribution is 2.17. The van der Waals surface area contributed by atoms with Crippen molar-refractivity contribution in [1.82, 2.24) is 10.2 Å². The summed E-state index contributed by atoms with van der Waals surface area (Å²) in [5, 5.41) is 3.33. The first-order valence-corrected chi connectivity index (χ1v) is 8.55. The van der Waals surface area contributed by atoms with E-state index in [4.69, 9.17) is 4.74 Å². The van der Waals surface area contributed by atoms with Gasteiger partial charge in [0.1, 0.15) is 6.61 Å². The van der Waals surface area contributed by atoms with Gasteiger partial charge in [0.05, 0.1) is 6.61 Å². The van der Waals surface area contributed by atoms with Crippen LogP contribution in [0.3, 0.4) is 0 Å². The molecule has 0 bridgehead atoms. The number of likely N-dealkylation sites (tertiary alicyclic amines) is 1.